The van der Waals surface area contributed by atoms with Crippen LogP contribution >= 0.6 is 11.6 Å². The molecule has 0 aromatic heterocycles. The zero-order valence-corrected chi connectivity index (χ0v) is 20.0. The largest absolute Gasteiger partial charge is 0.495 e. The Kier molecular flexibility index (Phi) is 6.23. The van der Waals surface area contributed by atoms with E-state index >= 15 is 0 Å². The molecule has 9 heteroatoms. The zero-order chi connectivity index (χ0) is 24.7. The molecule has 2 aromatic rings. The number of hydrogen-bond donors (Lipinski definition) is 0. The molecule has 182 valence electrons. The van der Waals surface area contributed by atoms with Crippen LogP contribution in [-0.4, -0.2) is 37.3 Å². The molecule has 2 saturated heterocycles. The monoisotopic (exact) mass is 496 g/mol. The van der Waals surface area contributed by atoms with Crippen LogP contribution in [0.4, 0.5) is 11.4 Å². The van der Waals surface area contributed by atoms with Gasteiger partial charge in [-0.2, -0.15) is 0 Å². The molecule has 8 nitrogen and oxygen atoms in total. The van der Waals surface area contributed by atoms with Gasteiger partial charge in [0.05, 0.1) is 36.2 Å². The lowest BCUT2D eigenvalue weighted by Gasteiger charge is -2.20. The number of anilines is 2. The molecule has 35 heavy (non-hydrogen) atoms. The van der Waals surface area contributed by atoms with Gasteiger partial charge in [-0.3, -0.25) is 19.2 Å². The summed E-state index contributed by atoms with van der Waals surface area (Å²) in [5.74, 6) is -1.69. The van der Waals surface area contributed by atoms with Gasteiger partial charge in [0, 0.05) is 24.1 Å². The first-order valence-corrected chi connectivity index (χ1v) is 12.1. The van der Waals surface area contributed by atoms with Crippen molar-refractivity contribution in [3.8, 4) is 11.5 Å². The molecule has 3 amide bonds. The highest BCUT2D eigenvalue weighted by atomic mass is 35.5. The van der Waals surface area contributed by atoms with Crippen LogP contribution < -0.4 is 19.3 Å². The molecular formula is C26H25ClN2O6. The highest BCUT2D eigenvalue weighted by molar-refractivity contribution is 6.31. The molecule has 3 aliphatic rings. The summed E-state index contributed by atoms with van der Waals surface area (Å²) >= 11 is 6.10. The Hall–Kier alpha value is -3.39. The van der Waals surface area contributed by atoms with E-state index in [1.54, 1.807) is 36.4 Å². The Labute approximate surface area is 207 Å². The summed E-state index contributed by atoms with van der Waals surface area (Å²) in [7, 11) is 1.50. The van der Waals surface area contributed by atoms with Gasteiger partial charge in [0.25, 0.3) is 0 Å². The van der Waals surface area contributed by atoms with Crippen molar-refractivity contribution >= 4 is 46.7 Å². The van der Waals surface area contributed by atoms with Crippen molar-refractivity contribution in [2.75, 3.05) is 23.5 Å². The Morgan fingerprint density at radius 1 is 1.00 bits per heavy atom. The van der Waals surface area contributed by atoms with Crippen molar-refractivity contribution in [2.24, 2.45) is 17.8 Å². The fourth-order valence-corrected chi connectivity index (χ4v) is 5.44. The quantitative estimate of drug-likeness (QED) is 0.353. The van der Waals surface area contributed by atoms with Crippen LogP contribution in [0.5, 0.6) is 11.5 Å². The number of carbonyl (C=O) groups excluding carboxylic acids is 4. The third kappa shape index (κ3) is 4.27. The highest BCUT2D eigenvalue weighted by Crippen LogP contribution is 2.41. The van der Waals surface area contributed by atoms with E-state index in [-0.39, 0.29) is 48.3 Å². The molecule has 2 heterocycles. The molecule has 0 spiro atoms. The number of halogens is 1. The lowest BCUT2D eigenvalue weighted by molar-refractivity contribution is -0.139. The first-order chi connectivity index (χ1) is 16.9. The second kappa shape index (κ2) is 9.34. The first-order valence-electron chi connectivity index (χ1n) is 11.7. The molecule has 1 saturated carbocycles. The fraction of sp³-hybridized carbons (Fsp3) is 0.385. The lowest BCUT2D eigenvalue weighted by Crippen LogP contribution is -2.31. The molecule has 3 fully saturated rings. The van der Waals surface area contributed by atoms with E-state index in [1.165, 1.54) is 23.0 Å². The average molecular weight is 497 g/mol. The molecule has 3 atom stereocenters. The van der Waals surface area contributed by atoms with E-state index in [4.69, 9.17) is 21.1 Å². The van der Waals surface area contributed by atoms with Crippen LogP contribution in [0.3, 0.4) is 0 Å². The Balaban J connectivity index is 1.30. The van der Waals surface area contributed by atoms with Crippen molar-refractivity contribution in [3.05, 3.63) is 47.5 Å². The van der Waals surface area contributed by atoms with Gasteiger partial charge < -0.3 is 14.4 Å². The number of esters is 1. The number of ether oxygens (including phenoxy) is 2. The number of benzene rings is 2. The number of fused-ring (bicyclic) bond motifs is 1. The van der Waals surface area contributed by atoms with Crippen LogP contribution in [0.15, 0.2) is 42.5 Å². The van der Waals surface area contributed by atoms with Crippen LogP contribution in [0.2, 0.25) is 5.02 Å². The normalized spacial score (nSPS) is 24.1. The minimum absolute atomic E-state index is 0.0132. The van der Waals surface area contributed by atoms with E-state index in [2.05, 4.69) is 0 Å². The van der Waals surface area contributed by atoms with E-state index in [0.29, 0.717) is 22.1 Å². The Bertz CT molecular complexity index is 1190. The summed E-state index contributed by atoms with van der Waals surface area (Å²) in [6.07, 6.45) is 3.34. The second-order valence-electron chi connectivity index (χ2n) is 9.15. The van der Waals surface area contributed by atoms with Crippen molar-refractivity contribution in [3.63, 3.8) is 0 Å². The minimum atomic E-state index is -0.687. The number of rotatable bonds is 5. The zero-order valence-electron chi connectivity index (χ0n) is 19.2. The molecule has 2 aliphatic heterocycles. The molecule has 0 N–H and O–H groups in total. The molecule has 2 aromatic carbocycles. The standard InChI is InChI=1S/C26H25ClN2O6/c1-34-22-10-9-16(27)12-21(22)28-14-15(11-23(28)30)26(33)35-18-6-4-5-17(13-18)29-24(31)19-7-2-3-8-20(19)25(29)32/h4-6,9-10,12-13,15,19-20H,2-3,7-8,11,14H2,1H3/t15-,19-,20-/m1/s1. The van der Waals surface area contributed by atoms with Crippen molar-refractivity contribution in [1.82, 2.24) is 0 Å². The van der Waals surface area contributed by atoms with Crippen molar-refractivity contribution in [2.45, 2.75) is 32.1 Å². The van der Waals surface area contributed by atoms with Crippen LogP contribution in [0.1, 0.15) is 32.1 Å². The van der Waals surface area contributed by atoms with Crippen LogP contribution in [-0.2, 0) is 19.2 Å². The summed E-state index contributed by atoms with van der Waals surface area (Å²) in [5, 5.41) is 0.447. The molecule has 0 bridgehead atoms. The van der Waals surface area contributed by atoms with Gasteiger partial charge in [0.1, 0.15) is 11.5 Å². The highest BCUT2D eigenvalue weighted by Gasteiger charge is 2.48. The maximum Gasteiger partial charge on any atom is 0.316 e. The van der Waals surface area contributed by atoms with Crippen molar-refractivity contribution < 1.29 is 28.7 Å². The number of nitrogens with zero attached hydrogens (tertiary/aromatic N) is 2. The van der Waals surface area contributed by atoms with Gasteiger partial charge in [0.15, 0.2) is 0 Å². The molecular weight excluding hydrogens is 472 g/mol. The van der Waals surface area contributed by atoms with Gasteiger partial charge >= 0.3 is 5.97 Å². The third-order valence-corrected chi connectivity index (χ3v) is 7.26. The minimum Gasteiger partial charge on any atom is -0.495 e. The predicted octanol–water partition coefficient (Wildman–Crippen LogP) is 3.99. The molecule has 0 unspecified atom stereocenters. The smallest absolute Gasteiger partial charge is 0.316 e. The van der Waals surface area contributed by atoms with Gasteiger partial charge in [-0.05, 0) is 43.2 Å². The summed E-state index contributed by atoms with van der Waals surface area (Å²) in [6, 6.07) is 11.4. The average Bonchev–Trinajstić information content (AvgIpc) is 3.37. The maximum atomic E-state index is 12.9. The summed E-state index contributed by atoms with van der Waals surface area (Å²) < 4.78 is 10.9. The fourth-order valence-electron chi connectivity index (χ4n) is 5.27. The SMILES string of the molecule is COc1ccc(Cl)cc1N1C[C@H](C(=O)Oc2cccc(N3C(=O)[C@@H]4CCCC[C@H]4C3=O)c2)CC1=O. The van der Waals surface area contributed by atoms with Gasteiger partial charge in [-0.1, -0.05) is 30.5 Å². The number of methoxy groups -OCH3 is 1. The van der Waals surface area contributed by atoms with E-state index in [0.717, 1.165) is 25.7 Å². The third-order valence-electron chi connectivity index (χ3n) is 7.03. The Morgan fingerprint density at radius 3 is 2.40 bits per heavy atom. The van der Waals surface area contributed by atoms with Crippen molar-refractivity contribution in [1.29, 1.82) is 0 Å². The van der Waals surface area contributed by atoms with Crippen LogP contribution in [0.25, 0.3) is 0 Å². The van der Waals surface area contributed by atoms with Gasteiger partial charge in [-0.15, -0.1) is 0 Å². The first kappa shape index (κ1) is 23.4. The molecule has 5 rings (SSSR count). The number of amides is 3. The topological polar surface area (TPSA) is 93.2 Å². The summed E-state index contributed by atoms with van der Waals surface area (Å²) in [6.45, 7) is 0.126. The van der Waals surface area contributed by atoms with E-state index in [9.17, 15) is 19.2 Å². The second-order valence-corrected chi connectivity index (χ2v) is 9.59. The predicted molar refractivity (Wildman–Crippen MR) is 128 cm³/mol. The van der Waals surface area contributed by atoms with Gasteiger partial charge in [0.2, 0.25) is 17.7 Å². The Morgan fingerprint density at radius 2 is 1.71 bits per heavy atom. The molecule has 1 aliphatic carbocycles. The number of carbonyl (C=O) groups is 4. The lowest BCUT2D eigenvalue weighted by atomic mass is 9.81. The number of imide groups is 1. The summed E-state index contributed by atoms with van der Waals surface area (Å²) in [4.78, 5) is 54.1. The van der Waals surface area contributed by atoms with E-state index in [1.807, 2.05) is 0 Å². The van der Waals surface area contributed by atoms with Gasteiger partial charge in [-0.25, -0.2) is 4.90 Å². The van der Waals surface area contributed by atoms with Crippen LogP contribution in [0, 0.1) is 17.8 Å². The maximum absolute atomic E-state index is 12.9. The number of hydrogen-bond acceptors (Lipinski definition) is 6. The molecule has 0 radical (unpaired) electrons. The summed E-state index contributed by atoms with van der Waals surface area (Å²) in [5.41, 5.74) is 0.891. The van der Waals surface area contributed by atoms with E-state index < -0.39 is 11.9 Å².